The van der Waals surface area contributed by atoms with Crippen LogP contribution < -0.4 is 5.32 Å². The molecule has 0 radical (unpaired) electrons. The SMILES string of the molecule is Cc1ccc(NC(=O)C2CC(=O)N(Cc3ccccc3)C(=Nc3ccc(F)cc3)S2)cc1Cl. The molecule has 1 aliphatic rings. The second-order valence-corrected chi connectivity index (χ2v) is 9.18. The molecular weight excluding hydrogens is 461 g/mol. The summed E-state index contributed by atoms with van der Waals surface area (Å²) < 4.78 is 13.3. The molecule has 1 fully saturated rings. The molecule has 33 heavy (non-hydrogen) atoms. The van der Waals surface area contributed by atoms with Crippen molar-refractivity contribution in [2.45, 2.75) is 25.1 Å². The number of aryl methyl sites for hydroxylation is 1. The molecule has 4 rings (SSSR count). The Kier molecular flexibility index (Phi) is 7.11. The summed E-state index contributed by atoms with van der Waals surface area (Å²) in [5.74, 6) is -0.888. The zero-order valence-corrected chi connectivity index (χ0v) is 19.4. The van der Waals surface area contributed by atoms with Gasteiger partial charge in [-0.2, -0.15) is 0 Å². The largest absolute Gasteiger partial charge is 0.325 e. The van der Waals surface area contributed by atoms with Crippen molar-refractivity contribution < 1.29 is 14.0 Å². The molecule has 0 aliphatic carbocycles. The number of benzene rings is 3. The van der Waals surface area contributed by atoms with Crippen molar-refractivity contribution in [3.05, 3.63) is 94.8 Å². The fourth-order valence-corrected chi connectivity index (χ4v) is 4.56. The third kappa shape index (κ3) is 5.80. The van der Waals surface area contributed by atoms with Crippen LogP contribution in [-0.2, 0) is 16.1 Å². The summed E-state index contributed by atoms with van der Waals surface area (Å²) in [6.07, 6.45) is 0.0331. The van der Waals surface area contributed by atoms with Gasteiger partial charge in [0.1, 0.15) is 11.1 Å². The Morgan fingerprint density at radius 1 is 1.15 bits per heavy atom. The van der Waals surface area contributed by atoms with Gasteiger partial charge in [0.25, 0.3) is 0 Å². The minimum absolute atomic E-state index is 0.0331. The van der Waals surface area contributed by atoms with Crippen LogP contribution in [0.5, 0.6) is 0 Å². The molecule has 8 heteroatoms. The highest BCUT2D eigenvalue weighted by Crippen LogP contribution is 2.31. The first kappa shape index (κ1) is 23.0. The lowest BCUT2D eigenvalue weighted by atomic mass is 10.2. The summed E-state index contributed by atoms with van der Waals surface area (Å²) in [5, 5.41) is 3.12. The number of halogens is 2. The van der Waals surface area contributed by atoms with Crippen LogP contribution in [0.3, 0.4) is 0 Å². The van der Waals surface area contributed by atoms with E-state index in [1.165, 1.54) is 36.0 Å². The van der Waals surface area contributed by atoms with E-state index in [1.54, 1.807) is 17.0 Å². The van der Waals surface area contributed by atoms with E-state index in [0.29, 0.717) is 28.1 Å². The summed E-state index contributed by atoms with van der Waals surface area (Å²) in [5.41, 5.74) is 2.90. The summed E-state index contributed by atoms with van der Waals surface area (Å²) in [6, 6.07) is 20.5. The Bertz CT molecular complexity index is 1200. The Morgan fingerprint density at radius 2 is 1.88 bits per heavy atom. The van der Waals surface area contributed by atoms with Gasteiger partial charge in [-0.1, -0.05) is 59.8 Å². The lowest BCUT2D eigenvalue weighted by Gasteiger charge is -2.32. The van der Waals surface area contributed by atoms with Gasteiger partial charge in [0.15, 0.2) is 5.17 Å². The Labute approximate surface area is 200 Å². The Morgan fingerprint density at radius 3 is 2.58 bits per heavy atom. The van der Waals surface area contributed by atoms with E-state index in [1.807, 2.05) is 43.3 Å². The highest BCUT2D eigenvalue weighted by atomic mass is 35.5. The summed E-state index contributed by atoms with van der Waals surface area (Å²) in [7, 11) is 0. The van der Waals surface area contributed by atoms with Crippen LogP contribution in [0.1, 0.15) is 17.5 Å². The third-order valence-electron chi connectivity index (χ3n) is 5.11. The Balaban J connectivity index is 1.59. The van der Waals surface area contributed by atoms with Gasteiger partial charge in [-0.05, 0) is 54.4 Å². The van der Waals surface area contributed by atoms with Crippen LogP contribution >= 0.6 is 23.4 Å². The molecular formula is C25H21ClFN3O2S. The molecule has 3 aromatic carbocycles. The lowest BCUT2D eigenvalue weighted by molar-refractivity contribution is -0.129. The minimum atomic E-state index is -0.663. The van der Waals surface area contributed by atoms with E-state index >= 15 is 0 Å². The second kappa shape index (κ2) is 10.2. The molecule has 1 unspecified atom stereocenters. The number of hydrogen-bond donors (Lipinski definition) is 1. The number of hydrogen-bond acceptors (Lipinski definition) is 4. The molecule has 2 amide bonds. The highest BCUT2D eigenvalue weighted by molar-refractivity contribution is 8.15. The summed E-state index contributed by atoms with van der Waals surface area (Å²) >= 11 is 7.38. The van der Waals surface area contributed by atoms with Crippen LogP contribution in [0.25, 0.3) is 0 Å². The van der Waals surface area contributed by atoms with Crippen LogP contribution in [0.4, 0.5) is 15.8 Å². The molecule has 5 nitrogen and oxygen atoms in total. The van der Waals surface area contributed by atoms with E-state index in [2.05, 4.69) is 10.3 Å². The number of rotatable bonds is 5. The average Bonchev–Trinajstić information content (AvgIpc) is 2.80. The first-order valence-electron chi connectivity index (χ1n) is 10.3. The summed E-state index contributed by atoms with van der Waals surface area (Å²) in [4.78, 5) is 32.2. The number of anilines is 1. The second-order valence-electron chi connectivity index (χ2n) is 7.60. The molecule has 1 N–H and O–H groups in total. The fourth-order valence-electron chi connectivity index (χ4n) is 3.28. The number of amides is 2. The predicted molar refractivity (Wildman–Crippen MR) is 131 cm³/mol. The molecule has 1 aliphatic heterocycles. The van der Waals surface area contributed by atoms with Gasteiger partial charge in [-0.15, -0.1) is 0 Å². The molecule has 1 atom stereocenters. The van der Waals surface area contributed by atoms with Crippen molar-refractivity contribution in [3.63, 3.8) is 0 Å². The maximum absolute atomic E-state index is 13.3. The van der Waals surface area contributed by atoms with Gasteiger partial charge >= 0.3 is 0 Å². The van der Waals surface area contributed by atoms with Crippen LogP contribution in [-0.4, -0.2) is 27.1 Å². The number of carbonyl (C=O) groups is 2. The van der Waals surface area contributed by atoms with Gasteiger partial charge < -0.3 is 5.32 Å². The quantitative estimate of drug-likeness (QED) is 0.490. The standard InChI is InChI=1S/C25H21ClFN3O2S/c1-16-7-10-20(13-21(16)26)28-24(32)22-14-23(31)30(15-17-5-3-2-4-6-17)25(33-22)29-19-11-8-18(27)9-12-19/h2-13,22H,14-15H2,1H3,(H,28,32). The molecule has 1 saturated heterocycles. The maximum atomic E-state index is 13.3. The number of amidine groups is 1. The van der Waals surface area contributed by atoms with Crippen molar-refractivity contribution in [1.29, 1.82) is 0 Å². The number of nitrogens with zero attached hydrogens (tertiary/aromatic N) is 2. The van der Waals surface area contributed by atoms with E-state index in [4.69, 9.17) is 11.6 Å². The van der Waals surface area contributed by atoms with E-state index in [0.717, 1.165) is 11.1 Å². The van der Waals surface area contributed by atoms with Gasteiger partial charge in [0.2, 0.25) is 11.8 Å². The van der Waals surface area contributed by atoms with Crippen molar-refractivity contribution >= 4 is 51.7 Å². The predicted octanol–water partition coefficient (Wildman–Crippen LogP) is 5.95. The smallest absolute Gasteiger partial charge is 0.238 e. The van der Waals surface area contributed by atoms with Gasteiger partial charge in [-0.25, -0.2) is 9.38 Å². The zero-order valence-electron chi connectivity index (χ0n) is 17.8. The van der Waals surface area contributed by atoms with E-state index in [9.17, 15) is 14.0 Å². The van der Waals surface area contributed by atoms with Crippen molar-refractivity contribution in [2.24, 2.45) is 4.99 Å². The molecule has 0 aromatic heterocycles. The summed E-state index contributed by atoms with van der Waals surface area (Å²) in [6.45, 7) is 2.21. The Hall–Kier alpha value is -3.16. The highest BCUT2D eigenvalue weighted by Gasteiger charge is 2.36. The number of nitrogens with one attached hydrogen (secondary N) is 1. The maximum Gasteiger partial charge on any atom is 0.238 e. The molecule has 168 valence electrons. The first-order valence-corrected chi connectivity index (χ1v) is 11.6. The normalized spacial score (nSPS) is 17.3. The third-order valence-corrected chi connectivity index (χ3v) is 6.70. The lowest BCUT2D eigenvalue weighted by Crippen LogP contribution is -2.44. The minimum Gasteiger partial charge on any atom is -0.325 e. The van der Waals surface area contributed by atoms with Gasteiger partial charge in [0.05, 0.1) is 12.2 Å². The van der Waals surface area contributed by atoms with Crippen LogP contribution in [0.15, 0.2) is 77.8 Å². The fraction of sp³-hybridized carbons (Fsp3) is 0.160. The molecule has 0 spiro atoms. The average molecular weight is 482 g/mol. The monoisotopic (exact) mass is 481 g/mol. The molecule has 0 bridgehead atoms. The molecule has 1 heterocycles. The molecule has 3 aromatic rings. The molecule has 0 saturated carbocycles. The van der Waals surface area contributed by atoms with Crippen LogP contribution in [0, 0.1) is 12.7 Å². The topological polar surface area (TPSA) is 61.8 Å². The van der Waals surface area contributed by atoms with Crippen LogP contribution in [0.2, 0.25) is 5.02 Å². The van der Waals surface area contributed by atoms with Crippen molar-refractivity contribution in [1.82, 2.24) is 4.90 Å². The number of aliphatic imine (C=N–C) groups is 1. The number of thioether (sulfide) groups is 1. The van der Waals surface area contributed by atoms with Gasteiger partial charge in [-0.3, -0.25) is 14.5 Å². The first-order chi connectivity index (χ1) is 15.9. The van der Waals surface area contributed by atoms with Crippen molar-refractivity contribution in [2.75, 3.05) is 5.32 Å². The number of carbonyl (C=O) groups excluding carboxylic acids is 2. The van der Waals surface area contributed by atoms with E-state index < -0.39 is 5.25 Å². The van der Waals surface area contributed by atoms with Crippen molar-refractivity contribution in [3.8, 4) is 0 Å². The van der Waals surface area contributed by atoms with Gasteiger partial charge in [0, 0.05) is 17.1 Å². The van der Waals surface area contributed by atoms with E-state index in [-0.39, 0.29) is 24.1 Å². The zero-order chi connectivity index (χ0) is 23.4.